The molecule has 30 nitrogen and oxygen atoms in total. The Morgan fingerprint density at radius 2 is 1.25 bits per heavy atom. The molecule has 2 saturated heterocycles. The van der Waals surface area contributed by atoms with Gasteiger partial charge in [0.05, 0.1) is 103 Å². The number of carbonyl (C=O) groups excluding carboxylic acids is 4. The maximum Gasteiger partial charge on any atom is 0.317 e. The third-order valence-electron chi connectivity index (χ3n) is 14.9. The highest BCUT2D eigenvalue weighted by Gasteiger charge is 2.41. The van der Waals surface area contributed by atoms with Gasteiger partial charge < -0.3 is 69.3 Å². The van der Waals surface area contributed by atoms with Crippen molar-refractivity contribution in [3.8, 4) is 45.3 Å². The summed E-state index contributed by atoms with van der Waals surface area (Å²) in [5, 5.41) is 41.7. The summed E-state index contributed by atoms with van der Waals surface area (Å²) < 4.78 is 75.7. The first kappa shape index (κ1) is 72.2. The minimum atomic E-state index is -4.77. The number of aliphatic carboxylic acids is 3. The van der Waals surface area contributed by atoms with Gasteiger partial charge in [-0.3, -0.25) is 57.7 Å². The highest BCUT2D eigenvalue weighted by Crippen LogP contribution is 2.47. The summed E-state index contributed by atoms with van der Waals surface area (Å²) in [6, 6.07) is 14.4. The molecular weight excluding hydrogens is 1270 g/mol. The Kier molecular flexibility index (Phi) is 27.1. The van der Waals surface area contributed by atoms with Crippen molar-refractivity contribution in [3.63, 3.8) is 0 Å². The third kappa shape index (κ3) is 22.2. The number of carboxylic acid groups (broad SMARTS) is 3. The Balaban J connectivity index is 0.811. The molecule has 2 fully saturated rings. The van der Waals surface area contributed by atoms with Crippen molar-refractivity contribution in [2.24, 2.45) is 0 Å². The van der Waals surface area contributed by atoms with Crippen LogP contribution in [0.4, 0.5) is 0 Å². The molecular formula is C59H78Cl2N10O20S. The van der Waals surface area contributed by atoms with Crippen LogP contribution in [0.25, 0.3) is 28.1 Å². The number of benzene rings is 3. The number of ether oxygens (including phenoxy) is 7. The van der Waals surface area contributed by atoms with E-state index in [0.29, 0.717) is 55.4 Å². The lowest BCUT2D eigenvalue weighted by Gasteiger charge is -2.41. The number of nitrogens with zero attached hydrogens (tertiary/aromatic N) is 7. The smallest absolute Gasteiger partial charge is 0.317 e. The Bertz CT molecular complexity index is 3310. The van der Waals surface area contributed by atoms with Gasteiger partial charge in [0.15, 0.2) is 5.69 Å². The molecule has 0 spiro atoms. The zero-order valence-corrected chi connectivity index (χ0v) is 53.6. The van der Waals surface area contributed by atoms with E-state index >= 15 is 0 Å². The lowest BCUT2D eigenvalue weighted by Crippen LogP contribution is -2.62. The number of carboxylic acids is 3. The number of aromatic nitrogens is 2. The zero-order valence-electron chi connectivity index (χ0n) is 51.3. The number of piperazine rings is 1. The van der Waals surface area contributed by atoms with Crippen molar-refractivity contribution in [3.05, 3.63) is 75.9 Å². The van der Waals surface area contributed by atoms with E-state index in [-0.39, 0.29) is 169 Å². The fourth-order valence-electron chi connectivity index (χ4n) is 10.3. The molecule has 3 aliphatic heterocycles. The first-order chi connectivity index (χ1) is 43.9. The van der Waals surface area contributed by atoms with Gasteiger partial charge in [-0.2, -0.15) is 13.5 Å². The highest BCUT2D eigenvalue weighted by atomic mass is 35.5. The van der Waals surface area contributed by atoms with E-state index in [4.69, 9.17) is 61.5 Å². The Hall–Kier alpha value is -7.27. The van der Waals surface area contributed by atoms with Crippen LogP contribution < -0.4 is 30.2 Å². The maximum atomic E-state index is 14.4. The molecule has 33 heteroatoms. The molecule has 0 bridgehead atoms. The van der Waals surface area contributed by atoms with Crippen molar-refractivity contribution in [1.82, 2.24) is 50.2 Å². The summed E-state index contributed by atoms with van der Waals surface area (Å²) in [5.41, 5.74) is 3.08. The molecule has 1 atom stereocenters. The van der Waals surface area contributed by atoms with Gasteiger partial charge in [-0.25, -0.2) is 4.68 Å². The number of halogens is 2. The summed E-state index contributed by atoms with van der Waals surface area (Å²) >= 11 is 13.0. The van der Waals surface area contributed by atoms with Crippen LogP contribution in [0, 0.1) is 0 Å². The fourth-order valence-corrected chi connectivity index (χ4v) is 11.5. The van der Waals surface area contributed by atoms with E-state index in [1.54, 1.807) is 55.7 Å². The van der Waals surface area contributed by atoms with Gasteiger partial charge in [0.1, 0.15) is 48.8 Å². The van der Waals surface area contributed by atoms with Gasteiger partial charge in [-0.15, -0.1) is 0 Å². The molecule has 0 radical (unpaired) electrons. The lowest BCUT2D eigenvalue weighted by atomic mass is 9.95. The zero-order chi connectivity index (χ0) is 66.5. The Morgan fingerprint density at radius 3 is 1.78 bits per heavy atom. The van der Waals surface area contributed by atoms with Gasteiger partial charge >= 0.3 is 17.9 Å². The standard InChI is InChI=1S/C59H78Cl2N10O20S/c1-59(2)38-63-50(72)32-70(59)58(81)55-46-36-91-49-30-48(85-3)44(29-45(49)56(46)71(65-55)42-27-40(60)26-41(61)28-42)39-5-4-6-43(25-39)90-24-23-89-22-21-88-20-19-87-18-17-86-16-7-62-57(80)47(37-92(82,83)84)64-51(73)31-66-8-10-67(33-52(74)75)12-14-69(35-54(78)79)15-13-68(11-9-66)34-53(76)77/h4-6,25-30,47H,7-24,31-38H2,1-3H3,(H,62,80)(H,63,72)(H,64,73)(H,74,75)(H,76,77)(H,78,79)(H,82,83,84). The van der Waals surface area contributed by atoms with Gasteiger partial charge in [-0.05, 0) is 55.8 Å². The minimum absolute atomic E-state index is 0.00173. The SMILES string of the molecule is COc1cc2c(cc1-c1cccc(OCCOCCOCCOCCOCCNC(=O)C(CS(=O)(=O)O)NC(=O)CN3CCN(CC(=O)O)CCN(CC(=O)O)CCN(CC(=O)O)CC3)c1)-c1c(c(C(=O)N3CC(=O)NCC3(C)C)nn1-c1cc(Cl)cc(Cl)c1)CO2. The van der Waals surface area contributed by atoms with Crippen molar-refractivity contribution in [2.45, 2.75) is 32.0 Å². The molecule has 4 heterocycles. The molecule has 4 amide bonds. The van der Waals surface area contributed by atoms with Gasteiger partial charge in [0.2, 0.25) is 17.7 Å². The fraction of sp³-hybridized carbons (Fsp3) is 0.525. The molecule has 3 aliphatic rings. The number of methoxy groups -OCH3 is 1. The number of nitrogens with one attached hydrogen (secondary N) is 3. The van der Waals surface area contributed by atoms with E-state index in [1.807, 2.05) is 44.2 Å². The second kappa shape index (κ2) is 34.6. The number of fused-ring (bicyclic) bond motifs is 3. The second-order valence-corrected chi connectivity index (χ2v) is 24.7. The van der Waals surface area contributed by atoms with Crippen LogP contribution in [0.5, 0.6) is 17.2 Å². The second-order valence-electron chi connectivity index (χ2n) is 22.3. The largest absolute Gasteiger partial charge is 0.496 e. The Morgan fingerprint density at radius 1 is 0.717 bits per heavy atom. The van der Waals surface area contributed by atoms with Crippen molar-refractivity contribution in [1.29, 1.82) is 0 Å². The third-order valence-corrected chi connectivity index (χ3v) is 16.1. The molecule has 504 valence electrons. The molecule has 7 rings (SSSR count). The summed E-state index contributed by atoms with van der Waals surface area (Å²) in [5.74, 6) is -5.39. The van der Waals surface area contributed by atoms with Crippen LogP contribution in [-0.4, -0.2) is 286 Å². The van der Waals surface area contributed by atoms with E-state index in [1.165, 1.54) is 4.90 Å². The molecule has 0 aliphatic carbocycles. The van der Waals surface area contributed by atoms with Crippen LogP contribution >= 0.6 is 23.2 Å². The highest BCUT2D eigenvalue weighted by molar-refractivity contribution is 7.85. The van der Waals surface area contributed by atoms with Gasteiger partial charge in [-0.1, -0.05) is 35.3 Å². The van der Waals surface area contributed by atoms with Crippen LogP contribution in [0.3, 0.4) is 0 Å². The summed E-state index contributed by atoms with van der Waals surface area (Å²) in [6.07, 6.45) is 0. The van der Waals surface area contributed by atoms with Crippen molar-refractivity contribution >= 4 is 74.9 Å². The van der Waals surface area contributed by atoms with Gasteiger partial charge in [0, 0.05) is 98.2 Å². The molecule has 1 unspecified atom stereocenters. The molecule has 7 N–H and O–H groups in total. The molecule has 92 heavy (non-hydrogen) atoms. The lowest BCUT2D eigenvalue weighted by molar-refractivity contribution is -0.140. The van der Waals surface area contributed by atoms with E-state index < -0.39 is 69.6 Å². The number of rotatable bonds is 32. The summed E-state index contributed by atoms with van der Waals surface area (Å²) in [6.45, 7) is 5.12. The summed E-state index contributed by atoms with van der Waals surface area (Å²) in [7, 11) is -3.22. The quantitative estimate of drug-likeness (QED) is 0.0266. The van der Waals surface area contributed by atoms with E-state index in [2.05, 4.69) is 16.0 Å². The predicted molar refractivity (Wildman–Crippen MR) is 332 cm³/mol. The average molecular weight is 1350 g/mol. The summed E-state index contributed by atoms with van der Waals surface area (Å²) in [4.78, 5) is 96.0. The van der Waals surface area contributed by atoms with E-state index in [9.17, 15) is 61.9 Å². The minimum Gasteiger partial charge on any atom is -0.496 e. The predicted octanol–water partition coefficient (Wildman–Crippen LogP) is 1.17. The van der Waals surface area contributed by atoms with Crippen LogP contribution in [0.2, 0.25) is 10.0 Å². The molecule has 1 aromatic heterocycles. The normalized spacial score (nSPS) is 16.4. The Labute approximate surface area is 541 Å². The van der Waals surface area contributed by atoms with Crippen LogP contribution in [0.15, 0.2) is 54.6 Å². The van der Waals surface area contributed by atoms with Crippen molar-refractivity contribution < 1.29 is 95.0 Å². The van der Waals surface area contributed by atoms with Gasteiger partial charge in [0.25, 0.3) is 16.0 Å². The van der Waals surface area contributed by atoms with Crippen molar-refractivity contribution in [2.75, 3.05) is 170 Å². The maximum absolute atomic E-state index is 14.4. The first-order valence-electron chi connectivity index (χ1n) is 29.5. The molecule has 4 aromatic rings. The van der Waals surface area contributed by atoms with E-state index in [0.717, 1.165) is 5.56 Å². The first-order valence-corrected chi connectivity index (χ1v) is 31.9. The molecule has 0 saturated carbocycles. The molecule has 3 aromatic carbocycles. The van der Waals surface area contributed by atoms with Crippen LogP contribution in [0.1, 0.15) is 29.9 Å². The monoisotopic (exact) mass is 1350 g/mol. The number of carbonyl (C=O) groups is 7. The number of hydrogen-bond acceptors (Lipinski definition) is 21. The van der Waals surface area contributed by atoms with Crippen LogP contribution in [-0.2, 0) is 64.4 Å². The average Bonchev–Trinajstić information content (AvgIpc) is 1.53. The number of hydrogen-bond donors (Lipinski definition) is 7. The topological polar surface area (TPSA) is 369 Å². The number of amides is 4.